The van der Waals surface area contributed by atoms with Gasteiger partial charge in [-0.15, -0.1) is 0 Å². The van der Waals surface area contributed by atoms with Gasteiger partial charge in [0.2, 0.25) is 5.96 Å². The number of hydrogen-bond acceptors (Lipinski definition) is 3. The Morgan fingerprint density at radius 1 is 1.44 bits per heavy atom. The van der Waals surface area contributed by atoms with Crippen LogP contribution in [0.2, 0.25) is 0 Å². The highest BCUT2D eigenvalue weighted by atomic mass is 15.3. The van der Waals surface area contributed by atoms with Crippen molar-refractivity contribution in [2.75, 3.05) is 19.6 Å². The number of hydrazine groups is 1. The van der Waals surface area contributed by atoms with E-state index in [4.69, 9.17) is 5.84 Å². The summed E-state index contributed by atoms with van der Waals surface area (Å²) in [7, 11) is 0. The highest BCUT2D eigenvalue weighted by Crippen LogP contribution is 2.19. The van der Waals surface area contributed by atoms with Gasteiger partial charge in [0.1, 0.15) is 0 Å². The molecular weight excluding hydrogens is 202 g/mol. The van der Waals surface area contributed by atoms with Crippen LogP contribution in [-0.2, 0) is 0 Å². The van der Waals surface area contributed by atoms with Crippen LogP contribution in [-0.4, -0.2) is 42.6 Å². The number of likely N-dealkylation sites (tertiary alicyclic amines) is 1. The molecule has 1 aliphatic carbocycles. The molecule has 1 aliphatic heterocycles. The Kier molecular flexibility index (Phi) is 4.01. The van der Waals surface area contributed by atoms with Gasteiger partial charge in [-0.3, -0.25) is 15.3 Å². The molecule has 0 aromatic heterocycles. The Hall–Kier alpha value is -0.810. The first-order valence-corrected chi connectivity index (χ1v) is 6.35. The fourth-order valence-electron chi connectivity index (χ4n) is 2.27. The molecule has 0 aromatic rings. The molecule has 2 fully saturated rings. The van der Waals surface area contributed by atoms with Crippen LogP contribution in [0.5, 0.6) is 0 Å². The summed E-state index contributed by atoms with van der Waals surface area (Å²) in [6.45, 7) is 5.42. The van der Waals surface area contributed by atoms with Gasteiger partial charge in [-0.2, -0.15) is 0 Å². The molecule has 0 amide bonds. The van der Waals surface area contributed by atoms with E-state index < -0.39 is 0 Å². The van der Waals surface area contributed by atoms with Crippen LogP contribution in [0.3, 0.4) is 0 Å². The molecule has 0 bridgehead atoms. The van der Waals surface area contributed by atoms with Crippen molar-refractivity contribution in [1.29, 1.82) is 0 Å². The first-order chi connectivity index (χ1) is 7.83. The van der Waals surface area contributed by atoms with Gasteiger partial charge in [-0.1, -0.05) is 6.92 Å². The molecule has 5 heteroatoms. The zero-order valence-corrected chi connectivity index (χ0v) is 10.1. The van der Waals surface area contributed by atoms with Crippen molar-refractivity contribution in [2.24, 2.45) is 10.8 Å². The van der Waals surface area contributed by atoms with Crippen molar-refractivity contribution in [1.82, 2.24) is 15.6 Å². The molecular formula is C11H23N5. The van der Waals surface area contributed by atoms with E-state index in [1.54, 1.807) is 0 Å². The number of nitrogens with zero attached hydrogens (tertiary/aromatic N) is 2. The summed E-state index contributed by atoms with van der Waals surface area (Å²) >= 11 is 0. The van der Waals surface area contributed by atoms with E-state index >= 15 is 0 Å². The molecule has 0 aromatic carbocycles. The molecule has 0 spiro atoms. The number of guanidine groups is 1. The SMILES string of the molecule is CCN1CCCC1CN=C(NN)NC1CC1. The Morgan fingerprint density at radius 2 is 2.25 bits per heavy atom. The van der Waals surface area contributed by atoms with Gasteiger partial charge in [-0.05, 0) is 38.8 Å². The first kappa shape index (κ1) is 11.7. The topological polar surface area (TPSA) is 65.7 Å². The monoisotopic (exact) mass is 225 g/mol. The van der Waals surface area contributed by atoms with Crippen LogP contribution < -0.4 is 16.6 Å². The van der Waals surface area contributed by atoms with Crippen LogP contribution >= 0.6 is 0 Å². The molecule has 1 heterocycles. The Balaban J connectivity index is 1.80. The lowest BCUT2D eigenvalue weighted by molar-refractivity contribution is 0.273. The summed E-state index contributed by atoms with van der Waals surface area (Å²) in [5.41, 5.74) is 2.65. The largest absolute Gasteiger partial charge is 0.353 e. The smallest absolute Gasteiger partial charge is 0.206 e. The lowest BCUT2D eigenvalue weighted by atomic mass is 10.2. The maximum atomic E-state index is 5.44. The maximum absolute atomic E-state index is 5.44. The third-order valence-corrected chi connectivity index (χ3v) is 3.42. The average Bonchev–Trinajstić information content (AvgIpc) is 3.00. The second-order valence-corrected chi connectivity index (χ2v) is 4.68. The van der Waals surface area contributed by atoms with Crippen molar-refractivity contribution in [2.45, 2.75) is 44.7 Å². The summed E-state index contributed by atoms with van der Waals surface area (Å²) in [6.07, 6.45) is 5.05. The number of likely N-dealkylation sites (N-methyl/N-ethyl adjacent to an activating group) is 1. The standard InChI is InChI=1S/C11H23N5/c1-2-16-7-3-4-10(16)8-13-11(15-12)14-9-5-6-9/h9-10H,2-8,12H2,1H3,(H2,13,14,15). The normalized spacial score (nSPS) is 27.1. The van der Waals surface area contributed by atoms with Gasteiger partial charge in [0.25, 0.3) is 0 Å². The van der Waals surface area contributed by atoms with Gasteiger partial charge in [0, 0.05) is 12.1 Å². The molecule has 1 atom stereocenters. The van der Waals surface area contributed by atoms with E-state index in [9.17, 15) is 0 Å². The van der Waals surface area contributed by atoms with Crippen molar-refractivity contribution in [3.05, 3.63) is 0 Å². The number of rotatable bonds is 4. The molecule has 5 nitrogen and oxygen atoms in total. The Morgan fingerprint density at radius 3 is 2.88 bits per heavy atom. The maximum Gasteiger partial charge on any atom is 0.206 e. The lowest BCUT2D eigenvalue weighted by Gasteiger charge is -2.21. The molecule has 4 N–H and O–H groups in total. The van der Waals surface area contributed by atoms with Crippen LogP contribution in [0.15, 0.2) is 4.99 Å². The van der Waals surface area contributed by atoms with E-state index in [2.05, 4.69) is 27.6 Å². The summed E-state index contributed by atoms with van der Waals surface area (Å²) in [6, 6.07) is 1.20. The summed E-state index contributed by atoms with van der Waals surface area (Å²) in [4.78, 5) is 7.03. The minimum absolute atomic E-state index is 0.598. The summed E-state index contributed by atoms with van der Waals surface area (Å²) in [5, 5.41) is 3.29. The van der Waals surface area contributed by atoms with Crippen molar-refractivity contribution in [3.63, 3.8) is 0 Å². The molecule has 2 rings (SSSR count). The predicted molar refractivity (Wildman–Crippen MR) is 66.1 cm³/mol. The Labute approximate surface area is 97.4 Å². The van der Waals surface area contributed by atoms with Gasteiger partial charge in [-0.25, -0.2) is 5.84 Å². The molecule has 1 unspecified atom stereocenters. The number of hydrogen-bond donors (Lipinski definition) is 3. The molecule has 92 valence electrons. The highest BCUT2D eigenvalue weighted by molar-refractivity contribution is 5.79. The van der Waals surface area contributed by atoms with Gasteiger partial charge >= 0.3 is 0 Å². The molecule has 2 aliphatic rings. The van der Waals surface area contributed by atoms with Gasteiger partial charge in [0.05, 0.1) is 6.54 Å². The van der Waals surface area contributed by atoms with Crippen molar-refractivity contribution >= 4 is 5.96 Å². The zero-order valence-electron chi connectivity index (χ0n) is 10.1. The van der Waals surface area contributed by atoms with Crippen LogP contribution in [0.4, 0.5) is 0 Å². The van der Waals surface area contributed by atoms with E-state index in [1.807, 2.05) is 0 Å². The zero-order chi connectivity index (χ0) is 11.4. The third-order valence-electron chi connectivity index (χ3n) is 3.42. The van der Waals surface area contributed by atoms with Crippen LogP contribution in [0.25, 0.3) is 0 Å². The molecule has 1 saturated carbocycles. The Bertz CT molecular complexity index is 249. The molecule has 1 saturated heterocycles. The second kappa shape index (κ2) is 5.50. The molecule has 16 heavy (non-hydrogen) atoms. The minimum Gasteiger partial charge on any atom is -0.353 e. The van der Waals surface area contributed by atoms with Gasteiger partial charge in [0.15, 0.2) is 0 Å². The van der Waals surface area contributed by atoms with E-state index in [-0.39, 0.29) is 0 Å². The quantitative estimate of drug-likeness (QED) is 0.274. The second-order valence-electron chi connectivity index (χ2n) is 4.68. The van der Waals surface area contributed by atoms with E-state index in [0.717, 1.165) is 19.0 Å². The van der Waals surface area contributed by atoms with E-state index in [1.165, 1.54) is 32.2 Å². The average molecular weight is 225 g/mol. The van der Waals surface area contributed by atoms with Gasteiger partial charge < -0.3 is 5.32 Å². The number of aliphatic imine (C=N–C) groups is 1. The number of nitrogens with two attached hydrogens (primary N) is 1. The van der Waals surface area contributed by atoms with Crippen molar-refractivity contribution < 1.29 is 0 Å². The fourth-order valence-corrected chi connectivity index (χ4v) is 2.27. The predicted octanol–water partition coefficient (Wildman–Crippen LogP) is 0.0420. The molecule has 0 radical (unpaired) electrons. The van der Waals surface area contributed by atoms with Crippen LogP contribution in [0, 0.1) is 0 Å². The third kappa shape index (κ3) is 3.09. The fraction of sp³-hybridized carbons (Fsp3) is 0.909. The van der Waals surface area contributed by atoms with Crippen molar-refractivity contribution in [3.8, 4) is 0 Å². The minimum atomic E-state index is 0.598. The first-order valence-electron chi connectivity index (χ1n) is 6.35. The lowest BCUT2D eigenvalue weighted by Crippen LogP contribution is -2.43. The highest BCUT2D eigenvalue weighted by Gasteiger charge is 2.24. The number of nitrogens with one attached hydrogen (secondary N) is 2. The summed E-state index contributed by atoms with van der Waals surface area (Å²) in [5.74, 6) is 6.20. The van der Waals surface area contributed by atoms with Crippen LogP contribution in [0.1, 0.15) is 32.6 Å². The van der Waals surface area contributed by atoms with E-state index in [0.29, 0.717) is 12.1 Å². The summed E-state index contributed by atoms with van der Waals surface area (Å²) < 4.78 is 0.